The van der Waals surface area contributed by atoms with Gasteiger partial charge in [-0.2, -0.15) is 0 Å². The van der Waals surface area contributed by atoms with Crippen LogP contribution in [0.15, 0.2) is 28.2 Å². The molecule has 0 unspecified atom stereocenters. The highest BCUT2D eigenvalue weighted by molar-refractivity contribution is 9.10. The van der Waals surface area contributed by atoms with Crippen molar-refractivity contribution in [2.24, 2.45) is 0 Å². The van der Waals surface area contributed by atoms with E-state index in [9.17, 15) is 4.79 Å². The molecule has 0 aliphatic rings. The molecule has 0 saturated heterocycles. The highest BCUT2D eigenvalue weighted by atomic mass is 79.9. The number of nitrogens with zero attached hydrogens (tertiary/aromatic N) is 1. The van der Waals surface area contributed by atoms with Crippen LogP contribution in [0.25, 0.3) is 0 Å². The van der Waals surface area contributed by atoms with Crippen molar-refractivity contribution in [1.82, 2.24) is 4.98 Å². The lowest BCUT2D eigenvalue weighted by Gasteiger charge is -2.06. The van der Waals surface area contributed by atoms with Gasteiger partial charge in [0.25, 0.3) is 5.91 Å². The fraction of sp³-hybridized carbons (Fsp3) is 0.167. The van der Waals surface area contributed by atoms with Gasteiger partial charge in [-0.25, -0.2) is 4.98 Å². The number of anilines is 1. The molecule has 2 rings (SSSR count). The molecular formula is C12H11BrN2OS. The summed E-state index contributed by atoms with van der Waals surface area (Å²) in [6.07, 6.45) is 0. The van der Waals surface area contributed by atoms with Gasteiger partial charge in [0.05, 0.1) is 5.51 Å². The van der Waals surface area contributed by atoms with Gasteiger partial charge in [-0.3, -0.25) is 4.79 Å². The second-order valence-corrected chi connectivity index (χ2v) is 5.59. The van der Waals surface area contributed by atoms with Crippen LogP contribution in [0.1, 0.15) is 20.9 Å². The molecule has 1 aromatic heterocycles. The van der Waals surface area contributed by atoms with E-state index in [0.717, 1.165) is 20.6 Å². The molecule has 1 amide bonds. The summed E-state index contributed by atoms with van der Waals surface area (Å²) in [6, 6.07) is 5.71. The molecule has 1 N–H and O–H groups in total. The summed E-state index contributed by atoms with van der Waals surface area (Å²) in [5.41, 5.74) is 4.06. The van der Waals surface area contributed by atoms with E-state index in [-0.39, 0.29) is 5.91 Å². The maximum atomic E-state index is 11.9. The Kier molecular flexibility index (Phi) is 3.59. The van der Waals surface area contributed by atoms with Crippen molar-refractivity contribution in [3.63, 3.8) is 0 Å². The number of carbonyl (C=O) groups is 1. The molecule has 0 radical (unpaired) electrons. The Hall–Kier alpha value is -1.20. The van der Waals surface area contributed by atoms with E-state index in [2.05, 4.69) is 26.2 Å². The van der Waals surface area contributed by atoms with Gasteiger partial charge in [-0.1, -0.05) is 22.0 Å². The number of thiazole rings is 1. The number of aryl methyl sites for hydroxylation is 2. The van der Waals surface area contributed by atoms with E-state index < -0.39 is 0 Å². The van der Waals surface area contributed by atoms with Crippen molar-refractivity contribution in [2.75, 3.05) is 5.32 Å². The Balaban J connectivity index is 2.19. The molecule has 5 heteroatoms. The summed E-state index contributed by atoms with van der Waals surface area (Å²) in [5, 5.41) is 2.83. The van der Waals surface area contributed by atoms with E-state index >= 15 is 0 Å². The quantitative estimate of drug-likeness (QED) is 0.917. The average molecular weight is 311 g/mol. The maximum absolute atomic E-state index is 11.9. The number of carbonyl (C=O) groups excluding carboxylic acids is 1. The van der Waals surface area contributed by atoms with E-state index in [1.807, 2.05) is 32.0 Å². The third-order valence-electron chi connectivity index (χ3n) is 2.39. The van der Waals surface area contributed by atoms with Crippen molar-refractivity contribution in [3.8, 4) is 0 Å². The number of nitrogens with one attached hydrogen (secondary N) is 1. The Labute approximate surface area is 112 Å². The van der Waals surface area contributed by atoms with Gasteiger partial charge in [-0.05, 0) is 31.5 Å². The van der Waals surface area contributed by atoms with Gasteiger partial charge < -0.3 is 5.32 Å². The molecule has 1 aromatic carbocycles. The first-order chi connectivity index (χ1) is 8.08. The zero-order valence-electron chi connectivity index (χ0n) is 9.45. The fourth-order valence-corrected chi connectivity index (χ4v) is 2.34. The van der Waals surface area contributed by atoms with Gasteiger partial charge in [0.1, 0.15) is 5.69 Å². The number of benzene rings is 1. The molecule has 0 atom stereocenters. The predicted octanol–water partition coefficient (Wildman–Crippen LogP) is 3.77. The van der Waals surface area contributed by atoms with Crippen LogP contribution in [0.2, 0.25) is 0 Å². The van der Waals surface area contributed by atoms with Crippen LogP contribution in [0.4, 0.5) is 5.69 Å². The second kappa shape index (κ2) is 4.98. The van der Waals surface area contributed by atoms with Crippen LogP contribution in [0, 0.1) is 13.8 Å². The van der Waals surface area contributed by atoms with Gasteiger partial charge in [0.2, 0.25) is 0 Å². The summed E-state index contributed by atoms with van der Waals surface area (Å²) in [5.74, 6) is -0.167. The number of halogens is 1. The highest BCUT2D eigenvalue weighted by Crippen LogP contribution is 2.21. The normalized spacial score (nSPS) is 10.3. The molecule has 17 heavy (non-hydrogen) atoms. The minimum Gasteiger partial charge on any atom is -0.321 e. The van der Waals surface area contributed by atoms with E-state index in [1.54, 1.807) is 5.51 Å². The number of amides is 1. The average Bonchev–Trinajstić information content (AvgIpc) is 2.70. The van der Waals surface area contributed by atoms with Crippen molar-refractivity contribution in [3.05, 3.63) is 44.3 Å². The maximum Gasteiger partial charge on any atom is 0.275 e. The van der Waals surface area contributed by atoms with Crippen molar-refractivity contribution in [2.45, 2.75) is 13.8 Å². The Morgan fingerprint density at radius 1 is 1.41 bits per heavy atom. The molecule has 0 aliphatic heterocycles. The van der Waals surface area contributed by atoms with Crippen LogP contribution in [-0.4, -0.2) is 10.9 Å². The molecule has 0 saturated carbocycles. The Bertz CT molecular complexity index is 565. The minimum atomic E-state index is -0.167. The number of aromatic nitrogens is 1. The van der Waals surface area contributed by atoms with E-state index in [4.69, 9.17) is 0 Å². The van der Waals surface area contributed by atoms with Gasteiger partial charge in [0, 0.05) is 15.0 Å². The smallest absolute Gasteiger partial charge is 0.275 e. The Morgan fingerprint density at radius 3 is 2.76 bits per heavy atom. The molecular weight excluding hydrogens is 300 g/mol. The van der Waals surface area contributed by atoms with Gasteiger partial charge >= 0.3 is 0 Å². The lowest BCUT2D eigenvalue weighted by atomic mass is 10.2. The summed E-state index contributed by atoms with van der Waals surface area (Å²) < 4.78 is 0.977. The molecule has 0 fully saturated rings. The summed E-state index contributed by atoms with van der Waals surface area (Å²) >= 11 is 4.90. The van der Waals surface area contributed by atoms with Crippen LogP contribution < -0.4 is 5.32 Å². The van der Waals surface area contributed by atoms with Crippen LogP contribution in [0.5, 0.6) is 0 Å². The number of hydrogen-bond acceptors (Lipinski definition) is 3. The lowest BCUT2D eigenvalue weighted by molar-refractivity contribution is 0.102. The zero-order chi connectivity index (χ0) is 12.4. The molecule has 0 spiro atoms. The molecule has 3 nitrogen and oxygen atoms in total. The van der Waals surface area contributed by atoms with Crippen LogP contribution in [0.3, 0.4) is 0 Å². The van der Waals surface area contributed by atoms with Crippen molar-refractivity contribution < 1.29 is 4.79 Å². The monoisotopic (exact) mass is 310 g/mol. The fourth-order valence-electron chi connectivity index (χ4n) is 1.38. The highest BCUT2D eigenvalue weighted by Gasteiger charge is 2.12. The largest absolute Gasteiger partial charge is 0.321 e. The molecule has 1 heterocycles. The van der Waals surface area contributed by atoms with Crippen molar-refractivity contribution >= 4 is 38.9 Å². The van der Waals surface area contributed by atoms with Crippen LogP contribution in [-0.2, 0) is 0 Å². The minimum absolute atomic E-state index is 0.167. The third-order valence-corrected chi connectivity index (χ3v) is 4.00. The number of hydrogen-bond donors (Lipinski definition) is 1. The lowest BCUT2D eigenvalue weighted by Crippen LogP contribution is -2.13. The van der Waals surface area contributed by atoms with Crippen molar-refractivity contribution in [1.29, 1.82) is 0 Å². The molecule has 2 aromatic rings. The first kappa shape index (κ1) is 12.3. The van der Waals surface area contributed by atoms with Gasteiger partial charge in [-0.15, -0.1) is 11.3 Å². The molecule has 0 aliphatic carbocycles. The predicted molar refractivity (Wildman–Crippen MR) is 73.7 cm³/mol. The first-order valence-corrected chi connectivity index (χ1v) is 6.73. The SMILES string of the molecule is Cc1ccc(NC(=O)c2ncsc2C)cc1Br. The Morgan fingerprint density at radius 2 is 2.18 bits per heavy atom. The van der Waals surface area contributed by atoms with E-state index in [0.29, 0.717) is 5.69 Å². The van der Waals surface area contributed by atoms with E-state index in [1.165, 1.54) is 11.3 Å². The summed E-state index contributed by atoms with van der Waals surface area (Å²) in [7, 11) is 0. The van der Waals surface area contributed by atoms with Crippen LogP contribution >= 0.6 is 27.3 Å². The summed E-state index contributed by atoms with van der Waals surface area (Å²) in [6.45, 7) is 3.89. The number of rotatable bonds is 2. The zero-order valence-corrected chi connectivity index (χ0v) is 11.9. The summed E-state index contributed by atoms with van der Waals surface area (Å²) in [4.78, 5) is 16.9. The van der Waals surface area contributed by atoms with Gasteiger partial charge in [0.15, 0.2) is 0 Å². The topological polar surface area (TPSA) is 42.0 Å². The third kappa shape index (κ3) is 2.73. The first-order valence-electron chi connectivity index (χ1n) is 5.05. The molecule has 88 valence electrons. The molecule has 0 bridgehead atoms. The second-order valence-electron chi connectivity index (χ2n) is 3.68. The standard InChI is InChI=1S/C12H11BrN2OS/c1-7-3-4-9(5-10(7)13)15-12(16)11-8(2)17-6-14-11/h3-6H,1-2H3,(H,15,16).